The minimum atomic E-state index is -3.76. The first kappa shape index (κ1) is 25.8. The molecule has 0 saturated heterocycles. The van der Waals surface area contributed by atoms with E-state index in [0.29, 0.717) is 27.3 Å². The zero-order chi connectivity index (χ0) is 26.0. The SMILES string of the molecule is Cc1c(S(=O)(=O)N(C)Cc2cccc(C(=O)NCc3ccc(C(N)=O)cc3)c2)sc2ccc(Cl)cc12. The van der Waals surface area contributed by atoms with Crippen LogP contribution in [0.1, 0.15) is 37.4 Å². The van der Waals surface area contributed by atoms with Gasteiger partial charge in [-0.2, -0.15) is 4.31 Å². The second kappa shape index (κ2) is 10.4. The minimum Gasteiger partial charge on any atom is -0.366 e. The summed E-state index contributed by atoms with van der Waals surface area (Å²) < 4.78 is 29.1. The zero-order valence-electron chi connectivity index (χ0n) is 19.6. The van der Waals surface area contributed by atoms with Crippen LogP contribution in [0.4, 0.5) is 0 Å². The second-order valence-electron chi connectivity index (χ2n) is 8.36. The van der Waals surface area contributed by atoms with Crippen LogP contribution in [0, 0.1) is 6.92 Å². The number of benzene rings is 3. The molecule has 0 fully saturated rings. The molecule has 0 unspecified atom stereocenters. The molecule has 0 aliphatic carbocycles. The van der Waals surface area contributed by atoms with Crippen molar-refractivity contribution in [3.05, 3.63) is 99.6 Å². The largest absolute Gasteiger partial charge is 0.366 e. The quantitative estimate of drug-likeness (QED) is 0.336. The summed E-state index contributed by atoms with van der Waals surface area (Å²) in [5, 5.41) is 4.21. The first-order chi connectivity index (χ1) is 17.1. The van der Waals surface area contributed by atoms with Crippen molar-refractivity contribution in [1.82, 2.24) is 9.62 Å². The van der Waals surface area contributed by atoms with Crippen molar-refractivity contribution in [3.63, 3.8) is 0 Å². The van der Waals surface area contributed by atoms with E-state index >= 15 is 0 Å². The zero-order valence-corrected chi connectivity index (χ0v) is 22.0. The van der Waals surface area contributed by atoms with Gasteiger partial charge in [-0.05, 0) is 71.5 Å². The van der Waals surface area contributed by atoms with Gasteiger partial charge in [0.15, 0.2) is 0 Å². The Balaban J connectivity index is 1.46. The lowest BCUT2D eigenvalue weighted by Crippen LogP contribution is -2.27. The molecule has 10 heteroatoms. The van der Waals surface area contributed by atoms with Crippen molar-refractivity contribution in [2.75, 3.05) is 7.05 Å². The summed E-state index contributed by atoms with van der Waals surface area (Å²) in [6.07, 6.45) is 0. The standard InChI is InChI=1S/C26H24ClN3O4S2/c1-16-22-13-21(27)10-11-23(22)35-26(16)36(33,34)30(2)15-18-4-3-5-20(12-18)25(32)29-14-17-6-8-19(9-7-17)24(28)31/h3-13H,14-15H2,1-2H3,(H2,28,31)(H,29,32). The van der Waals surface area contributed by atoms with Gasteiger partial charge in [-0.15, -0.1) is 11.3 Å². The van der Waals surface area contributed by atoms with Gasteiger partial charge in [-0.3, -0.25) is 9.59 Å². The smallest absolute Gasteiger partial charge is 0.252 e. The number of rotatable bonds is 8. The van der Waals surface area contributed by atoms with E-state index in [4.69, 9.17) is 17.3 Å². The molecule has 3 aromatic carbocycles. The van der Waals surface area contributed by atoms with E-state index in [9.17, 15) is 18.0 Å². The molecule has 4 aromatic rings. The highest BCUT2D eigenvalue weighted by Crippen LogP contribution is 2.37. The van der Waals surface area contributed by atoms with Gasteiger partial charge in [0.05, 0.1) is 0 Å². The van der Waals surface area contributed by atoms with Crippen molar-refractivity contribution < 1.29 is 18.0 Å². The van der Waals surface area contributed by atoms with Crippen LogP contribution in [0.3, 0.4) is 0 Å². The lowest BCUT2D eigenvalue weighted by atomic mass is 10.1. The number of fused-ring (bicyclic) bond motifs is 1. The monoisotopic (exact) mass is 541 g/mol. The van der Waals surface area contributed by atoms with Gasteiger partial charge in [0.2, 0.25) is 5.91 Å². The van der Waals surface area contributed by atoms with Crippen molar-refractivity contribution in [3.8, 4) is 0 Å². The third-order valence-electron chi connectivity index (χ3n) is 5.78. The molecule has 0 aliphatic heterocycles. The van der Waals surface area contributed by atoms with E-state index in [2.05, 4.69) is 5.32 Å². The van der Waals surface area contributed by atoms with Crippen LogP contribution in [0.15, 0.2) is 70.9 Å². The number of aryl methyl sites for hydroxylation is 1. The summed E-state index contributed by atoms with van der Waals surface area (Å²) in [4.78, 5) is 23.9. The van der Waals surface area contributed by atoms with Crippen LogP contribution < -0.4 is 11.1 Å². The van der Waals surface area contributed by atoms with E-state index in [-0.39, 0.29) is 23.2 Å². The fourth-order valence-electron chi connectivity index (χ4n) is 3.78. The number of nitrogens with zero attached hydrogens (tertiary/aromatic N) is 1. The molecule has 186 valence electrons. The lowest BCUT2D eigenvalue weighted by molar-refractivity contribution is 0.0949. The Morgan fingerprint density at radius 3 is 2.42 bits per heavy atom. The number of primary amides is 1. The molecule has 0 radical (unpaired) electrons. The first-order valence-corrected chi connectivity index (χ1v) is 13.6. The number of thiophene rings is 1. The molecule has 1 aromatic heterocycles. The van der Waals surface area contributed by atoms with Gasteiger partial charge in [0, 0.05) is 41.0 Å². The number of carbonyl (C=O) groups excluding carboxylic acids is 2. The number of hydrogen-bond acceptors (Lipinski definition) is 5. The molecule has 0 bridgehead atoms. The third-order valence-corrected chi connectivity index (χ3v) is 9.69. The maximum Gasteiger partial charge on any atom is 0.252 e. The molecule has 0 spiro atoms. The van der Waals surface area contributed by atoms with E-state index in [1.54, 1.807) is 67.6 Å². The summed E-state index contributed by atoms with van der Waals surface area (Å²) in [6.45, 7) is 2.15. The number of carbonyl (C=O) groups is 2. The Labute approximate surface area is 218 Å². The molecular weight excluding hydrogens is 518 g/mol. The first-order valence-electron chi connectivity index (χ1n) is 11.0. The maximum atomic E-state index is 13.4. The number of hydrogen-bond donors (Lipinski definition) is 2. The normalized spacial score (nSPS) is 11.7. The Morgan fingerprint density at radius 1 is 1.00 bits per heavy atom. The van der Waals surface area contributed by atoms with Gasteiger partial charge >= 0.3 is 0 Å². The maximum absolute atomic E-state index is 13.4. The molecule has 36 heavy (non-hydrogen) atoms. The van der Waals surface area contributed by atoms with Crippen LogP contribution in [-0.2, 0) is 23.1 Å². The Hall–Kier alpha value is -3.24. The van der Waals surface area contributed by atoms with Crippen molar-refractivity contribution in [2.45, 2.75) is 24.2 Å². The van der Waals surface area contributed by atoms with Gasteiger partial charge in [0.1, 0.15) is 4.21 Å². The summed E-state index contributed by atoms with van der Waals surface area (Å²) in [7, 11) is -2.23. The minimum absolute atomic E-state index is 0.104. The second-order valence-corrected chi connectivity index (χ2v) is 12.1. The highest BCUT2D eigenvalue weighted by atomic mass is 35.5. The Bertz CT molecular complexity index is 1560. The van der Waals surface area contributed by atoms with Gasteiger partial charge in [-0.1, -0.05) is 35.9 Å². The predicted molar refractivity (Wildman–Crippen MR) is 143 cm³/mol. The highest BCUT2D eigenvalue weighted by molar-refractivity contribution is 7.91. The van der Waals surface area contributed by atoms with Gasteiger partial charge in [-0.25, -0.2) is 8.42 Å². The summed E-state index contributed by atoms with van der Waals surface area (Å²) in [5.74, 6) is -0.806. The summed E-state index contributed by atoms with van der Waals surface area (Å²) >= 11 is 7.31. The van der Waals surface area contributed by atoms with Crippen molar-refractivity contribution in [2.24, 2.45) is 5.73 Å². The molecule has 2 amide bonds. The molecule has 0 saturated carbocycles. The molecule has 3 N–H and O–H groups in total. The topological polar surface area (TPSA) is 110 Å². The molecule has 0 atom stereocenters. The Morgan fingerprint density at radius 2 is 1.72 bits per heavy atom. The predicted octanol–water partition coefficient (Wildman–Crippen LogP) is 4.71. The van der Waals surface area contributed by atoms with E-state index in [0.717, 1.165) is 15.6 Å². The third kappa shape index (κ3) is 5.44. The molecule has 4 rings (SSSR count). The van der Waals surface area contributed by atoms with E-state index < -0.39 is 15.9 Å². The number of nitrogens with one attached hydrogen (secondary N) is 1. The fraction of sp³-hybridized carbons (Fsp3) is 0.154. The van der Waals surface area contributed by atoms with Crippen LogP contribution in [0.25, 0.3) is 10.1 Å². The number of sulfonamides is 1. The van der Waals surface area contributed by atoms with Crippen LogP contribution >= 0.6 is 22.9 Å². The molecule has 7 nitrogen and oxygen atoms in total. The molecule has 1 heterocycles. The average Bonchev–Trinajstić information content (AvgIpc) is 3.19. The highest BCUT2D eigenvalue weighted by Gasteiger charge is 2.26. The van der Waals surface area contributed by atoms with Crippen molar-refractivity contribution in [1.29, 1.82) is 0 Å². The summed E-state index contributed by atoms with van der Waals surface area (Å²) in [6, 6.07) is 18.8. The van der Waals surface area contributed by atoms with Crippen molar-refractivity contribution >= 4 is 54.9 Å². The Kier molecular flexibility index (Phi) is 7.46. The molecule has 0 aliphatic rings. The van der Waals surface area contributed by atoms with Gasteiger partial charge in [0.25, 0.3) is 15.9 Å². The lowest BCUT2D eigenvalue weighted by Gasteiger charge is -2.17. The van der Waals surface area contributed by atoms with Crippen LogP contribution in [0.5, 0.6) is 0 Å². The number of nitrogens with two attached hydrogens (primary N) is 1. The molecular formula is C26H24ClN3O4S2. The van der Waals surface area contributed by atoms with E-state index in [1.165, 1.54) is 22.7 Å². The number of halogens is 1. The van der Waals surface area contributed by atoms with E-state index in [1.807, 2.05) is 6.07 Å². The van der Waals surface area contributed by atoms with Gasteiger partial charge < -0.3 is 11.1 Å². The van der Waals surface area contributed by atoms with Crippen LogP contribution in [-0.4, -0.2) is 31.6 Å². The fourth-order valence-corrected chi connectivity index (χ4v) is 7.05. The number of amides is 2. The average molecular weight is 542 g/mol. The summed E-state index contributed by atoms with van der Waals surface area (Å²) in [5.41, 5.74) is 8.22. The van der Waals surface area contributed by atoms with Crippen LogP contribution in [0.2, 0.25) is 5.02 Å².